The molecule has 3 rings (SSSR count). The molecule has 2 aromatic carbocycles. The van der Waals surface area contributed by atoms with Crippen LogP contribution in [0.3, 0.4) is 0 Å². The van der Waals surface area contributed by atoms with Crippen molar-refractivity contribution in [2.75, 3.05) is 13.7 Å². The van der Waals surface area contributed by atoms with Crippen molar-refractivity contribution >= 4 is 23.2 Å². The van der Waals surface area contributed by atoms with Crippen LogP contribution in [-0.2, 0) is 4.79 Å². The molecule has 0 saturated carbocycles. The van der Waals surface area contributed by atoms with Crippen LogP contribution in [0.1, 0.15) is 24.3 Å². The number of hydrogen-bond donors (Lipinski definition) is 2. The summed E-state index contributed by atoms with van der Waals surface area (Å²) in [6.07, 6.45) is -0.816. The van der Waals surface area contributed by atoms with Crippen molar-refractivity contribution in [1.82, 2.24) is 15.8 Å². The number of amides is 2. The number of ether oxygens (including phenoxy) is 3. The third kappa shape index (κ3) is 5.95. The molecule has 0 fully saturated rings. The summed E-state index contributed by atoms with van der Waals surface area (Å²) in [4.78, 5) is 28.9. The highest BCUT2D eigenvalue weighted by Crippen LogP contribution is 2.25. The molecule has 2 N–H and O–H groups in total. The molecule has 31 heavy (non-hydrogen) atoms. The van der Waals surface area contributed by atoms with Crippen LogP contribution < -0.4 is 25.1 Å². The molecule has 3 aromatic rings. The number of rotatable bonds is 8. The second-order valence-corrected chi connectivity index (χ2v) is 7.23. The van der Waals surface area contributed by atoms with Gasteiger partial charge in [0.25, 0.3) is 11.8 Å². The topological polar surface area (TPSA) is 98.8 Å². The Labute approximate surface area is 184 Å². The maximum absolute atomic E-state index is 12.3. The van der Waals surface area contributed by atoms with E-state index in [-0.39, 0.29) is 5.69 Å². The Morgan fingerprint density at radius 2 is 1.65 bits per heavy atom. The molecular weight excluding hydrogens is 418 g/mol. The summed E-state index contributed by atoms with van der Waals surface area (Å²) in [6.45, 7) is 4.05. The van der Waals surface area contributed by atoms with Crippen molar-refractivity contribution < 1.29 is 23.8 Å². The van der Waals surface area contributed by atoms with E-state index in [9.17, 15) is 9.59 Å². The Kier molecular flexibility index (Phi) is 7.45. The number of hydrogen-bond acceptors (Lipinski definition) is 7. The minimum absolute atomic E-state index is 0.205. The first-order chi connectivity index (χ1) is 15.0. The van der Waals surface area contributed by atoms with Gasteiger partial charge in [0.2, 0.25) is 0 Å². The maximum Gasteiger partial charge on any atom is 0.289 e. The molecule has 162 valence electrons. The second kappa shape index (κ2) is 10.4. The van der Waals surface area contributed by atoms with Gasteiger partial charge in [-0.1, -0.05) is 0 Å². The van der Waals surface area contributed by atoms with Crippen LogP contribution in [0.15, 0.2) is 53.9 Å². The van der Waals surface area contributed by atoms with Crippen molar-refractivity contribution in [1.29, 1.82) is 0 Å². The number of nitrogens with zero attached hydrogens (tertiary/aromatic N) is 1. The standard InChI is InChI=1S/C22H23N3O5S/c1-4-29-17-9-11-18(12-10-17)30-14(2)20(26)24-25-21(27)19-13-31-22(23-19)15-5-7-16(28-3)8-6-15/h5-14H,4H2,1-3H3,(H,24,26)(H,25,27). The second-order valence-electron chi connectivity index (χ2n) is 6.37. The van der Waals surface area contributed by atoms with Gasteiger partial charge in [-0.05, 0) is 62.4 Å². The van der Waals surface area contributed by atoms with Gasteiger partial charge in [-0.3, -0.25) is 20.4 Å². The lowest BCUT2D eigenvalue weighted by atomic mass is 10.2. The number of hydrazine groups is 1. The van der Waals surface area contributed by atoms with Crippen LogP contribution >= 0.6 is 11.3 Å². The van der Waals surface area contributed by atoms with Gasteiger partial charge in [-0.15, -0.1) is 11.3 Å². The third-order valence-corrected chi connectivity index (χ3v) is 5.08. The van der Waals surface area contributed by atoms with Gasteiger partial charge in [0.1, 0.15) is 28.0 Å². The fraction of sp³-hybridized carbons (Fsp3) is 0.227. The quantitative estimate of drug-likeness (QED) is 0.520. The summed E-state index contributed by atoms with van der Waals surface area (Å²) < 4.78 is 16.1. The molecule has 8 nitrogen and oxygen atoms in total. The first kappa shape index (κ1) is 22.1. The van der Waals surface area contributed by atoms with Crippen LogP contribution in [-0.4, -0.2) is 36.6 Å². The van der Waals surface area contributed by atoms with Gasteiger partial charge in [0.05, 0.1) is 13.7 Å². The smallest absolute Gasteiger partial charge is 0.289 e. The lowest BCUT2D eigenvalue weighted by molar-refractivity contribution is -0.128. The van der Waals surface area contributed by atoms with Crippen LogP contribution in [0.5, 0.6) is 17.2 Å². The molecule has 0 bridgehead atoms. The summed E-state index contributed by atoms with van der Waals surface area (Å²) in [6, 6.07) is 14.3. The summed E-state index contributed by atoms with van der Waals surface area (Å²) in [7, 11) is 1.60. The first-order valence-corrected chi connectivity index (χ1v) is 10.5. The van der Waals surface area contributed by atoms with Crippen molar-refractivity contribution in [3.8, 4) is 27.8 Å². The van der Waals surface area contributed by atoms with E-state index < -0.39 is 17.9 Å². The summed E-state index contributed by atoms with van der Waals surface area (Å²) in [5.74, 6) is 0.964. The Morgan fingerprint density at radius 3 is 2.29 bits per heavy atom. The lowest BCUT2D eigenvalue weighted by Crippen LogP contribution is -2.47. The zero-order valence-electron chi connectivity index (χ0n) is 17.4. The highest BCUT2D eigenvalue weighted by atomic mass is 32.1. The zero-order valence-corrected chi connectivity index (χ0v) is 18.2. The highest BCUT2D eigenvalue weighted by Gasteiger charge is 2.17. The van der Waals surface area contributed by atoms with E-state index in [1.165, 1.54) is 11.3 Å². The molecule has 1 heterocycles. The van der Waals surface area contributed by atoms with Crippen molar-refractivity contribution in [3.05, 3.63) is 59.6 Å². The number of methoxy groups -OCH3 is 1. The molecular formula is C22H23N3O5S. The largest absolute Gasteiger partial charge is 0.497 e. The van der Waals surface area contributed by atoms with E-state index in [2.05, 4.69) is 15.8 Å². The number of carbonyl (C=O) groups excluding carboxylic acids is 2. The fourth-order valence-electron chi connectivity index (χ4n) is 2.57. The van der Waals surface area contributed by atoms with Crippen molar-refractivity contribution in [2.24, 2.45) is 0 Å². The maximum atomic E-state index is 12.3. The van der Waals surface area contributed by atoms with E-state index >= 15 is 0 Å². The summed E-state index contributed by atoms with van der Waals surface area (Å²) in [5.41, 5.74) is 5.79. The normalized spacial score (nSPS) is 11.3. The van der Waals surface area contributed by atoms with Crippen molar-refractivity contribution in [3.63, 3.8) is 0 Å². The first-order valence-electron chi connectivity index (χ1n) is 9.59. The average molecular weight is 442 g/mol. The summed E-state index contributed by atoms with van der Waals surface area (Å²) in [5, 5.41) is 2.31. The number of nitrogens with one attached hydrogen (secondary N) is 2. The van der Waals surface area contributed by atoms with Crippen molar-refractivity contribution in [2.45, 2.75) is 20.0 Å². The minimum Gasteiger partial charge on any atom is -0.497 e. The van der Waals surface area contributed by atoms with Crippen LogP contribution in [0, 0.1) is 0 Å². The molecule has 1 atom stereocenters. The average Bonchev–Trinajstić information content (AvgIpc) is 3.29. The fourth-order valence-corrected chi connectivity index (χ4v) is 3.37. The molecule has 0 aliphatic rings. The predicted molar refractivity (Wildman–Crippen MR) is 117 cm³/mol. The van der Waals surface area contributed by atoms with Gasteiger partial charge in [-0.25, -0.2) is 4.98 Å². The Morgan fingerprint density at radius 1 is 1.00 bits per heavy atom. The van der Waals surface area contributed by atoms with Crippen LogP contribution in [0.25, 0.3) is 10.6 Å². The molecule has 0 aliphatic carbocycles. The van der Waals surface area contributed by atoms with Gasteiger partial charge < -0.3 is 14.2 Å². The molecule has 1 unspecified atom stereocenters. The zero-order chi connectivity index (χ0) is 22.2. The van der Waals surface area contributed by atoms with Gasteiger partial charge in [-0.2, -0.15) is 0 Å². The molecule has 0 radical (unpaired) electrons. The number of aromatic nitrogens is 1. The third-order valence-electron chi connectivity index (χ3n) is 4.19. The van der Waals surface area contributed by atoms with E-state index in [0.29, 0.717) is 17.4 Å². The monoisotopic (exact) mass is 441 g/mol. The highest BCUT2D eigenvalue weighted by molar-refractivity contribution is 7.13. The van der Waals surface area contributed by atoms with E-state index in [1.54, 1.807) is 43.7 Å². The molecule has 0 aliphatic heterocycles. The molecule has 2 amide bonds. The Hall–Kier alpha value is -3.59. The van der Waals surface area contributed by atoms with E-state index in [0.717, 1.165) is 17.1 Å². The van der Waals surface area contributed by atoms with Gasteiger partial charge in [0, 0.05) is 10.9 Å². The summed E-state index contributed by atoms with van der Waals surface area (Å²) >= 11 is 1.33. The van der Waals surface area contributed by atoms with E-state index in [4.69, 9.17) is 14.2 Å². The van der Waals surface area contributed by atoms with Gasteiger partial charge >= 0.3 is 0 Å². The molecule has 0 saturated heterocycles. The number of thiazole rings is 1. The minimum atomic E-state index is -0.816. The van der Waals surface area contributed by atoms with E-state index in [1.807, 2.05) is 31.2 Å². The van der Waals surface area contributed by atoms with Crippen LogP contribution in [0.4, 0.5) is 0 Å². The SMILES string of the molecule is CCOc1ccc(OC(C)C(=O)NNC(=O)c2csc(-c3ccc(OC)cc3)n2)cc1. The molecule has 0 spiro atoms. The van der Waals surface area contributed by atoms with Gasteiger partial charge in [0.15, 0.2) is 6.10 Å². The number of carbonyl (C=O) groups is 2. The molecule has 1 aromatic heterocycles. The van der Waals surface area contributed by atoms with Crippen LogP contribution in [0.2, 0.25) is 0 Å². The Bertz CT molecular complexity index is 1020. The number of benzene rings is 2. The lowest BCUT2D eigenvalue weighted by Gasteiger charge is -2.15. The molecule has 9 heteroatoms. The Balaban J connectivity index is 1.51. The predicted octanol–water partition coefficient (Wildman–Crippen LogP) is 3.45.